The molecule has 1 atom stereocenters. The summed E-state index contributed by atoms with van der Waals surface area (Å²) in [7, 11) is 0. The number of esters is 1. The van der Waals surface area contributed by atoms with E-state index in [2.05, 4.69) is 5.32 Å². The summed E-state index contributed by atoms with van der Waals surface area (Å²) in [6.45, 7) is 1.92. The first kappa shape index (κ1) is 17.5. The van der Waals surface area contributed by atoms with Gasteiger partial charge in [0.2, 0.25) is 0 Å². The molecule has 0 fully saturated rings. The molecule has 1 rings (SSSR count). The van der Waals surface area contributed by atoms with Crippen molar-refractivity contribution in [3.05, 3.63) is 35.9 Å². The predicted octanol–water partition coefficient (Wildman–Crippen LogP) is 1.71. The molecule has 120 valence electrons. The molecule has 0 radical (unpaired) electrons. The molecule has 0 heterocycles. The van der Waals surface area contributed by atoms with Crippen molar-refractivity contribution >= 4 is 18.0 Å². The summed E-state index contributed by atoms with van der Waals surface area (Å²) in [6, 6.07) is 7.80. The van der Waals surface area contributed by atoms with Gasteiger partial charge in [-0.05, 0) is 18.9 Å². The van der Waals surface area contributed by atoms with Crippen LogP contribution in [0.4, 0.5) is 4.79 Å². The van der Waals surface area contributed by atoms with Gasteiger partial charge in [0.05, 0.1) is 6.61 Å². The Bertz CT molecular complexity index is 502. The Labute approximate surface area is 128 Å². The highest BCUT2D eigenvalue weighted by Gasteiger charge is 2.22. The van der Waals surface area contributed by atoms with Crippen LogP contribution in [-0.4, -0.2) is 35.8 Å². The lowest BCUT2D eigenvalue weighted by atomic mass is 10.1. The molecule has 0 saturated carbocycles. The lowest BCUT2D eigenvalue weighted by Gasteiger charge is -2.14. The fraction of sp³-hybridized carbons (Fsp3) is 0.400. The van der Waals surface area contributed by atoms with Crippen LogP contribution in [0.1, 0.15) is 25.3 Å². The van der Waals surface area contributed by atoms with Crippen LogP contribution in [0.25, 0.3) is 0 Å². The molecule has 2 N–H and O–H groups in total. The lowest BCUT2D eigenvalue weighted by molar-refractivity contribution is -0.144. The number of ether oxygens (including phenoxy) is 2. The average Bonchev–Trinajstić information content (AvgIpc) is 2.50. The fourth-order valence-corrected chi connectivity index (χ4v) is 1.66. The van der Waals surface area contributed by atoms with Gasteiger partial charge < -0.3 is 19.9 Å². The molecule has 1 aromatic carbocycles. The predicted molar refractivity (Wildman–Crippen MR) is 77.1 cm³/mol. The molecule has 0 aromatic heterocycles. The van der Waals surface area contributed by atoms with Crippen LogP contribution in [0.15, 0.2) is 30.3 Å². The number of benzene rings is 1. The van der Waals surface area contributed by atoms with Gasteiger partial charge in [-0.15, -0.1) is 0 Å². The van der Waals surface area contributed by atoms with E-state index in [0.717, 1.165) is 5.56 Å². The van der Waals surface area contributed by atoms with E-state index in [-0.39, 0.29) is 26.1 Å². The van der Waals surface area contributed by atoms with Crippen LogP contribution in [0.2, 0.25) is 0 Å². The zero-order valence-electron chi connectivity index (χ0n) is 12.3. The highest BCUT2D eigenvalue weighted by atomic mass is 16.5. The Morgan fingerprint density at radius 2 is 1.86 bits per heavy atom. The summed E-state index contributed by atoms with van der Waals surface area (Å²) >= 11 is 0. The van der Waals surface area contributed by atoms with Crippen molar-refractivity contribution in [3.63, 3.8) is 0 Å². The van der Waals surface area contributed by atoms with Gasteiger partial charge in [-0.3, -0.25) is 4.79 Å². The van der Waals surface area contributed by atoms with Crippen LogP contribution < -0.4 is 5.32 Å². The first-order valence-corrected chi connectivity index (χ1v) is 6.88. The maximum absolute atomic E-state index is 11.6. The van der Waals surface area contributed by atoms with Crippen LogP contribution >= 0.6 is 0 Å². The van der Waals surface area contributed by atoms with Gasteiger partial charge in [-0.2, -0.15) is 0 Å². The number of carboxylic acids is 1. The standard InChI is InChI=1S/C15H19NO6/c1-2-21-13(17)9-8-12(14(18)19)16-15(20)22-10-11-6-4-3-5-7-11/h3-7,12H,2,8-10H2,1H3,(H,16,20)(H,18,19)/t12-/m0/s1. The molecule has 0 unspecified atom stereocenters. The van der Waals surface area contributed by atoms with E-state index in [0.29, 0.717) is 0 Å². The van der Waals surface area contributed by atoms with Crippen molar-refractivity contribution in [2.75, 3.05) is 6.61 Å². The molecular weight excluding hydrogens is 290 g/mol. The minimum Gasteiger partial charge on any atom is -0.480 e. The van der Waals surface area contributed by atoms with Crippen molar-refractivity contribution in [1.82, 2.24) is 5.32 Å². The van der Waals surface area contributed by atoms with Gasteiger partial charge in [0.1, 0.15) is 12.6 Å². The second-order valence-electron chi connectivity index (χ2n) is 4.44. The lowest BCUT2D eigenvalue weighted by Crippen LogP contribution is -2.41. The Morgan fingerprint density at radius 3 is 2.45 bits per heavy atom. The summed E-state index contributed by atoms with van der Waals surface area (Å²) in [5.74, 6) is -1.74. The number of alkyl carbamates (subject to hydrolysis) is 1. The van der Waals surface area contributed by atoms with Crippen molar-refractivity contribution in [1.29, 1.82) is 0 Å². The van der Waals surface area contributed by atoms with Crippen LogP contribution in [0, 0.1) is 0 Å². The van der Waals surface area contributed by atoms with Gasteiger partial charge in [-0.25, -0.2) is 9.59 Å². The number of nitrogens with one attached hydrogen (secondary N) is 1. The van der Waals surface area contributed by atoms with Crippen molar-refractivity contribution in [3.8, 4) is 0 Å². The highest BCUT2D eigenvalue weighted by molar-refractivity contribution is 5.80. The third kappa shape index (κ3) is 6.74. The number of hydrogen-bond acceptors (Lipinski definition) is 5. The Kier molecular flexibility index (Phi) is 7.45. The fourth-order valence-electron chi connectivity index (χ4n) is 1.66. The van der Waals surface area contributed by atoms with Crippen LogP contribution in [0.3, 0.4) is 0 Å². The minimum atomic E-state index is -1.24. The van der Waals surface area contributed by atoms with Gasteiger partial charge in [0.15, 0.2) is 0 Å². The first-order chi connectivity index (χ1) is 10.5. The molecule has 0 aliphatic carbocycles. The summed E-state index contributed by atoms with van der Waals surface area (Å²) in [6.07, 6.45) is -1.00. The van der Waals surface area contributed by atoms with E-state index in [4.69, 9.17) is 14.6 Å². The van der Waals surface area contributed by atoms with E-state index in [1.165, 1.54) is 0 Å². The molecule has 1 aromatic rings. The number of aliphatic carboxylic acids is 1. The van der Waals surface area contributed by atoms with Gasteiger partial charge in [0.25, 0.3) is 0 Å². The van der Waals surface area contributed by atoms with E-state index in [9.17, 15) is 14.4 Å². The highest BCUT2D eigenvalue weighted by Crippen LogP contribution is 2.03. The number of amides is 1. The van der Waals surface area contributed by atoms with Crippen LogP contribution in [-0.2, 0) is 25.7 Å². The van der Waals surface area contributed by atoms with Crippen molar-refractivity contribution in [2.24, 2.45) is 0 Å². The summed E-state index contributed by atoms with van der Waals surface area (Å²) in [5.41, 5.74) is 0.788. The Hall–Kier alpha value is -2.57. The number of carbonyl (C=O) groups is 3. The monoisotopic (exact) mass is 309 g/mol. The third-order valence-corrected chi connectivity index (χ3v) is 2.75. The number of carbonyl (C=O) groups excluding carboxylic acids is 2. The third-order valence-electron chi connectivity index (χ3n) is 2.75. The smallest absolute Gasteiger partial charge is 0.408 e. The maximum atomic E-state index is 11.6. The minimum absolute atomic E-state index is 0.0386. The number of carboxylic acid groups (broad SMARTS) is 1. The Balaban J connectivity index is 2.40. The quantitative estimate of drug-likeness (QED) is 0.709. The Morgan fingerprint density at radius 1 is 1.18 bits per heavy atom. The van der Waals surface area contributed by atoms with Gasteiger partial charge in [-0.1, -0.05) is 30.3 Å². The molecule has 0 bridgehead atoms. The molecular formula is C15H19NO6. The summed E-state index contributed by atoms with van der Waals surface area (Å²) < 4.78 is 9.64. The van der Waals surface area contributed by atoms with E-state index in [1.807, 2.05) is 6.07 Å². The second kappa shape index (κ2) is 9.38. The second-order valence-corrected chi connectivity index (χ2v) is 4.44. The van der Waals surface area contributed by atoms with Crippen molar-refractivity contribution in [2.45, 2.75) is 32.4 Å². The average molecular weight is 309 g/mol. The molecule has 7 heteroatoms. The zero-order chi connectivity index (χ0) is 16.4. The molecule has 0 aliphatic rings. The molecule has 0 spiro atoms. The first-order valence-electron chi connectivity index (χ1n) is 6.88. The zero-order valence-corrected chi connectivity index (χ0v) is 12.3. The summed E-state index contributed by atoms with van der Waals surface area (Å²) in [4.78, 5) is 33.9. The van der Waals surface area contributed by atoms with Crippen LogP contribution in [0.5, 0.6) is 0 Å². The van der Waals surface area contributed by atoms with Gasteiger partial charge in [0, 0.05) is 6.42 Å². The summed E-state index contributed by atoms with van der Waals surface area (Å²) in [5, 5.41) is 11.2. The van der Waals surface area contributed by atoms with E-state index < -0.39 is 24.1 Å². The maximum Gasteiger partial charge on any atom is 0.408 e. The molecule has 1 amide bonds. The normalized spacial score (nSPS) is 11.3. The van der Waals surface area contributed by atoms with Crippen molar-refractivity contribution < 1.29 is 29.0 Å². The molecule has 0 saturated heterocycles. The number of hydrogen-bond donors (Lipinski definition) is 2. The van der Waals surface area contributed by atoms with E-state index in [1.54, 1.807) is 31.2 Å². The molecule has 22 heavy (non-hydrogen) atoms. The molecule has 7 nitrogen and oxygen atoms in total. The largest absolute Gasteiger partial charge is 0.480 e. The SMILES string of the molecule is CCOC(=O)CC[C@H](NC(=O)OCc1ccccc1)C(=O)O. The number of rotatable bonds is 8. The topological polar surface area (TPSA) is 102 Å². The molecule has 0 aliphatic heterocycles. The van der Waals surface area contributed by atoms with E-state index >= 15 is 0 Å². The van der Waals surface area contributed by atoms with Gasteiger partial charge >= 0.3 is 18.0 Å².